The molecule has 1 aliphatic rings. The summed E-state index contributed by atoms with van der Waals surface area (Å²) in [6, 6.07) is 12.2. The quantitative estimate of drug-likeness (QED) is 0.891. The van der Waals surface area contributed by atoms with Gasteiger partial charge in [0.15, 0.2) is 0 Å². The minimum Gasteiger partial charge on any atom is -0.497 e. The van der Waals surface area contributed by atoms with Gasteiger partial charge in [-0.25, -0.2) is 9.18 Å². The number of urea groups is 1. The number of methoxy groups -OCH3 is 1. The van der Waals surface area contributed by atoms with E-state index in [4.69, 9.17) is 4.74 Å². The zero-order valence-corrected chi connectivity index (χ0v) is 14.0. The van der Waals surface area contributed by atoms with Crippen LogP contribution in [0.5, 0.6) is 5.75 Å². The summed E-state index contributed by atoms with van der Waals surface area (Å²) in [6.45, 7) is 0.574. The van der Waals surface area contributed by atoms with Gasteiger partial charge in [-0.15, -0.1) is 0 Å². The largest absolute Gasteiger partial charge is 0.497 e. The number of halogens is 1. The van der Waals surface area contributed by atoms with Crippen molar-refractivity contribution in [3.8, 4) is 5.75 Å². The Balaban J connectivity index is 1.70. The fourth-order valence-electron chi connectivity index (χ4n) is 3.12. The van der Waals surface area contributed by atoms with Gasteiger partial charge in [0.25, 0.3) is 0 Å². The molecule has 0 aliphatic carbocycles. The SMILES string of the molecule is COc1ccc([C@H](O)[C@@H]2CCCN2C(=O)Nc2ccc(F)cc2)cc1. The van der Waals surface area contributed by atoms with E-state index < -0.39 is 6.10 Å². The van der Waals surface area contributed by atoms with Crippen LogP contribution < -0.4 is 10.1 Å². The van der Waals surface area contributed by atoms with Gasteiger partial charge >= 0.3 is 6.03 Å². The van der Waals surface area contributed by atoms with Crippen molar-refractivity contribution in [1.82, 2.24) is 4.90 Å². The third-order valence-electron chi connectivity index (χ3n) is 4.48. The van der Waals surface area contributed by atoms with Gasteiger partial charge < -0.3 is 20.1 Å². The summed E-state index contributed by atoms with van der Waals surface area (Å²) >= 11 is 0. The highest BCUT2D eigenvalue weighted by Crippen LogP contribution is 2.30. The predicted octanol–water partition coefficient (Wildman–Crippen LogP) is 3.56. The summed E-state index contributed by atoms with van der Waals surface area (Å²) in [5.74, 6) is 0.361. The Labute approximate surface area is 146 Å². The number of nitrogens with one attached hydrogen (secondary N) is 1. The second-order valence-electron chi connectivity index (χ2n) is 6.06. The summed E-state index contributed by atoms with van der Waals surface area (Å²) < 4.78 is 18.1. The Morgan fingerprint density at radius 3 is 2.56 bits per heavy atom. The molecule has 1 heterocycles. The van der Waals surface area contributed by atoms with E-state index in [0.717, 1.165) is 18.4 Å². The average molecular weight is 344 g/mol. The number of hydrogen-bond donors (Lipinski definition) is 2. The lowest BCUT2D eigenvalue weighted by Gasteiger charge is -2.29. The summed E-state index contributed by atoms with van der Waals surface area (Å²) in [7, 11) is 1.59. The minimum absolute atomic E-state index is 0.290. The molecule has 0 radical (unpaired) electrons. The highest BCUT2D eigenvalue weighted by molar-refractivity contribution is 5.89. The van der Waals surface area contributed by atoms with E-state index in [9.17, 15) is 14.3 Å². The molecule has 0 spiro atoms. The third kappa shape index (κ3) is 3.91. The monoisotopic (exact) mass is 344 g/mol. The first-order valence-corrected chi connectivity index (χ1v) is 8.23. The zero-order chi connectivity index (χ0) is 17.8. The number of nitrogens with zero attached hydrogens (tertiary/aromatic N) is 1. The Hall–Kier alpha value is -2.60. The molecular formula is C19H21FN2O3. The van der Waals surface area contributed by atoms with Gasteiger partial charge in [-0.1, -0.05) is 12.1 Å². The van der Waals surface area contributed by atoms with Gasteiger partial charge in [0.1, 0.15) is 11.6 Å². The lowest BCUT2D eigenvalue weighted by atomic mass is 10.0. The van der Waals surface area contributed by atoms with Crippen molar-refractivity contribution < 1.29 is 19.0 Å². The molecule has 5 nitrogen and oxygen atoms in total. The van der Waals surface area contributed by atoms with Crippen LogP contribution in [-0.2, 0) is 0 Å². The number of carbonyl (C=O) groups excluding carboxylic acids is 1. The number of benzene rings is 2. The smallest absolute Gasteiger partial charge is 0.322 e. The van der Waals surface area contributed by atoms with Crippen molar-refractivity contribution in [1.29, 1.82) is 0 Å². The molecule has 25 heavy (non-hydrogen) atoms. The van der Waals surface area contributed by atoms with Crippen LogP contribution in [-0.4, -0.2) is 35.7 Å². The fourth-order valence-corrected chi connectivity index (χ4v) is 3.12. The second-order valence-corrected chi connectivity index (χ2v) is 6.06. The first-order valence-electron chi connectivity index (χ1n) is 8.23. The molecule has 0 bridgehead atoms. The van der Waals surface area contributed by atoms with Gasteiger partial charge in [-0.05, 0) is 54.8 Å². The maximum atomic E-state index is 13.0. The van der Waals surface area contributed by atoms with E-state index in [0.29, 0.717) is 18.0 Å². The van der Waals surface area contributed by atoms with Crippen molar-refractivity contribution in [2.24, 2.45) is 0 Å². The second kappa shape index (κ2) is 7.53. The van der Waals surface area contributed by atoms with Crippen LogP contribution in [0.2, 0.25) is 0 Å². The van der Waals surface area contributed by atoms with Crippen molar-refractivity contribution in [2.75, 3.05) is 19.0 Å². The summed E-state index contributed by atoms with van der Waals surface area (Å²) in [6.07, 6.45) is 0.783. The summed E-state index contributed by atoms with van der Waals surface area (Å²) in [4.78, 5) is 14.2. The highest BCUT2D eigenvalue weighted by Gasteiger charge is 2.34. The number of rotatable bonds is 4. The van der Waals surface area contributed by atoms with Crippen molar-refractivity contribution >= 4 is 11.7 Å². The van der Waals surface area contributed by atoms with Crippen LogP contribution >= 0.6 is 0 Å². The number of aliphatic hydroxyl groups excluding tert-OH is 1. The Kier molecular flexibility index (Phi) is 5.19. The van der Waals surface area contributed by atoms with Crippen molar-refractivity contribution in [3.63, 3.8) is 0 Å². The molecule has 2 aromatic rings. The molecule has 1 aliphatic heterocycles. The molecular weight excluding hydrogens is 323 g/mol. The van der Waals surface area contributed by atoms with Gasteiger partial charge in [0.05, 0.1) is 19.3 Å². The van der Waals surface area contributed by atoms with E-state index in [-0.39, 0.29) is 17.9 Å². The van der Waals surface area contributed by atoms with Crippen LogP contribution in [0, 0.1) is 5.82 Å². The lowest BCUT2D eigenvalue weighted by molar-refractivity contribution is 0.0891. The minimum atomic E-state index is -0.771. The molecule has 6 heteroatoms. The molecule has 0 aromatic heterocycles. The fraction of sp³-hybridized carbons (Fsp3) is 0.316. The van der Waals surface area contributed by atoms with Crippen LogP contribution in [0.25, 0.3) is 0 Å². The average Bonchev–Trinajstić information content (AvgIpc) is 3.13. The molecule has 132 valence electrons. The maximum absolute atomic E-state index is 13.0. The van der Waals surface area contributed by atoms with Crippen LogP contribution in [0.1, 0.15) is 24.5 Å². The third-order valence-corrected chi connectivity index (χ3v) is 4.48. The number of aliphatic hydroxyl groups is 1. The van der Waals surface area contributed by atoms with E-state index >= 15 is 0 Å². The molecule has 2 amide bonds. The number of amides is 2. The van der Waals surface area contributed by atoms with Crippen LogP contribution in [0.4, 0.5) is 14.9 Å². The van der Waals surface area contributed by atoms with Crippen molar-refractivity contribution in [2.45, 2.75) is 25.0 Å². The van der Waals surface area contributed by atoms with Gasteiger partial charge in [0, 0.05) is 12.2 Å². The molecule has 1 fully saturated rings. The molecule has 3 rings (SSSR count). The van der Waals surface area contributed by atoms with E-state index in [1.165, 1.54) is 24.3 Å². The first-order chi connectivity index (χ1) is 12.1. The number of carbonyl (C=O) groups is 1. The van der Waals surface area contributed by atoms with E-state index in [1.807, 2.05) is 0 Å². The highest BCUT2D eigenvalue weighted by atomic mass is 19.1. The normalized spacial score (nSPS) is 18.0. The number of anilines is 1. The maximum Gasteiger partial charge on any atom is 0.322 e. The molecule has 2 atom stereocenters. The van der Waals surface area contributed by atoms with E-state index in [2.05, 4.69) is 5.32 Å². The van der Waals surface area contributed by atoms with Gasteiger partial charge in [0.2, 0.25) is 0 Å². The molecule has 0 saturated carbocycles. The van der Waals surface area contributed by atoms with Gasteiger partial charge in [-0.2, -0.15) is 0 Å². The standard InChI is InChI=1S/C19H21FN2O3/c1-25-16-10-4-13(5-11-16)18(23)17-3-2-12-22(17)19(24)21-15-8-6-14(20)7-9-15/h4-11,17-18,23H,2-3,12H2,1H3,(H,21,24)/t17-,18-/m0/s1. The Morgan fingerprint density at radius 2 is 1.92 bits per heavy atom. The van der Waals surface area contributed by atoms with Crippen LogP contribution in [0.3, 0.4) is 0 Å². The molecule has 2 aromatic carbocycles. The van der Waals surface area contributed by atoms with Crippen molar-refractivity contribution in [3.05, 3.63) is 59.9 Å². The summed E-state index contributed by atoms with van der Waals surface area (Å²) in [5, 5.41) is 13.4. The topological polar surface area (TPSA) is 61.8 Å². The number of ether oxygens (including phenoxy) is 1. The first kappa shape index (κ1) is 17.2. The Morgan fingerprint density at radius 1 is 1.24 bits per heavy atom. The number of likely N-dealkylation sites (tertiary alicyclic amines) is 1. The molecule has 2 N–H and O–H groups in total. The predicted molar refractivity (Wildman–Crippen MR) is 93.1 cm³/mol. The summed E-state index contributed by atoms with van der Waals surface area (Å²) in [5.41, 5.74) is 1.27. The number of hydrogen-bond acceptors (Lipinski definition) is 3. The van der Waals surface area contributed by atoms with Gasteiger partial charge in [-0.3, -0.25) is 0 Å². The lowest BCUT2D eigenvalue weighted by Crippen LogP contribution is -2.41. The van der Waals surface area contributed by atoms with Crippen LogP contribution in [0.15, 0.2) is 48.5 Å². The zero-order valence-electron chi connectivity index (χ0n) is 14.0. The molecule has 1 saturated heterocycles. The van der Waals surface area contributed by atoms with E-state index in [1.54, 1.807) is 36.3 Å². The Bertz CT molecular complexity index is 718. The molecule has 0 unspecified atom stereocenters.